The monoisotopic (exact) mass is 255 g/mol. The molecule has 1 heterocycles. The molecule has 1 aromatic rings. The summed E-state index contributed by atoms with van der Waals surface area (Å²) in [6.07, 6.45) is 6.49. The van der Waals surface area contributed by atoms with Crippen LogP contribution in [0.15, 0.2) is 59.9 Å². The largest absolute Gasteiger partial charge is 0.507 e. The Labute approximate surface area is 110 Å². The molecular formula is C15H13NO3. The average molecular weight is 255 g/mol. The number of carbonyl (C=O) groups is 2. The molecular weight excluding hydrogens is 242 g/mol. The summed E-state index contributed by atoms with van der Waals surface area (Å²) in [4.78, 5) is 22.6. The van der Waals surface area contributed by atoms with Crippen molar-refractivity contribution in [1.82, 2.24) is 5.32 Å². The van der Waals surface area contributed by atoms with Gasteiger partial charge in [0.05, 0.1) is 6.54 Å². The van der Waals surface area contributed by atoms with Gasteiger partial charge in [-0.05, 0) is 11.6 Å². The molecule has 0 atom stereocenters. The highest BCUT2D eigenvalue weighted by molar-refractivity contribution is 6.25. The van der Waals surface area contributed by atoms with Crippen LogP contribution >= 0.6 is 0 Å². The molecule has 2 N–H and O–H groups in total. The fraction of sp³-hybridized carbons (Fsp3) is 0.0667. The number of aliphatic hydroxyl groups is 1. The third kappa shape index (κ3) is 3.19. The molecule has 1 aliphatic heterocycles. The first-order valence-electron chi connectivity index (χ1n) is 5.83. The van der Waals surface area contributed by atoms with E-state index in [1.165, 1.54) is 6.08 Å². The van der Waals surface area contributed by atoms with Crippen molar-refractivity contribution in [3.05, 3.63) is 65.5 Å². The summed E-state index contributed by atoms with van der Waals surface area (Å²) in [5, 5.41) is 12.0. The molecule has 0 saturated carbocycles. The predicted molar refractivity (Wildman–Crippen MR) is 72.3 cm³/mol. The van der Waals surface area contributed by atoms with E-state index in [1.807, 2.05) is 36.4 Å². The maximum Gasteiger partial charge on any atom is 0.259 e. The van der Waals surface area contributed by atoms with Gasteiger partial charge in [0.1, 0.15) is 11.3 Å². The molecule has 1 aliphatic rings. The van der Waals surface area contributed by atoms with Crippen molar-refractivity contribution in [2.75, 3.05) is 6.54 Å². The summed E-state index contributed by atoms with van der Waals surface area (Å²) in [5.41, 5.74) is 0.846. The Morgan fingerprint density at radius 3 is 2.53 bits per heavy atom. The van der Waals surface area contributed by atoms with E-state index in [0.29, 0.717) is 0 Å². The molecule has 4 heteroatoms. The number of benzene rings is 1. The molecule has 0 unspecified atom stereocenters. The van der Waals surface area contributed by atoms with Crippen LogP contribution in [0.1, 0.15) is 5.56 Å². The lowest BCUT2D eigenvalue weighted by Crippen LogP contribution is -2.14. The van der Waals surface area contributed by atoms with Crippen LogP contribution in [0.5, 0.6) is 0 Å². The fourth-order valence-corrected chi connectivity index (χ4v) is 1.68. The number of ketones is 1. The first kappa shape index (κ1) is 12.8. The van der Waals surface area contributed by atoms with Crippen LogP contribution in [0, 0.1) is 0 Å². The van der Waals surface area contributed by atoms with Crippen LogP contribution in [-0.4, -0.2) is 23.3 Å². The highest BCUT2D eigenvalue weighted by Gasteiger charge is 2.28. The summed E-state index contributed by atoms with van der Waals surface area (Å²) >= 11 is 0. The van der Waals surface area contributed by atoms with E-state index < -0.39 is 5.91 Å². The second-order valence-corrected chi connectivity index (χ2v) is 4.00. The number of amides is 1. The topological polar surface area (TPSA) is 66.4 Å². The van der Waals surface area contributed by atoms with E-state index >= 15 is 0 Å². The van der Waals surface area contributed by atoms with Gasteiger partial charge in [0, 0.05) is 0 Å². The minimum atomic E-state index is -0.529. The van der Waals surface area contributed by atoms with Gasteiger partial charge in [-0.3, -0.25) is 9.59 Å². The average Bonchev–Trinajstić information content (AvgIpc) is 2.75. The number of hydrogen-bond donors (Lipinski definition) is 2. The van der Waals surface area contributed by atoms with Crippen molar-refractivity contribution < 1.29 is 14.7 Å². The lowest BCUT2D eigenvalue weighted by molar-refractivity contribution is -0.117. The van der Waals surface area contributed by atoms with Gasteiger partial charge in [-0.25, -0.2) is 0 Å². The molecule has 0 aliphatic carbocycles. The van der Waals surface area contributed by atoms with Crippen LogP contribution in [0.3, 0.4) is 0 Å². The minimum absolute atomic E-state index is 0.0497. The minimum Gasteiger partial charge on any atom is -0.507 e. The first-order chi connectivity index (χ1) is 9.18. The van der Waals surface area contributed by atoms with Gasteiger partial charge >= 0.3 is 0 Å². The highest BCUT2D eigenvalue weighted by Crippen LogP contribution is 2.10. The molecule has 1 aromatic carbocycles. The summed E-state index contributed by atoms with van der Waals surface area (Å²) in [7, 11) is 0. The first-order valence-corrected chi connectivity index (χ1v) is 5.83. The van der Waals surface area contributed by atoms with Gasteiger partial charge < -0.3 is 10.4 Å². The standard InChI is InChI=1S/C15H13NO3/c17-12(14-13(18)10-16-15(14)19)9-5-4-8-11-6-2-1-3-7-11/h1-9,17H,10H2,(H,16,19)/b8-4+,9-5+,14-12-. The van der Waals surface area contributed by atoms with Crippen molar-refractivity contribution in [3.8, 4) is 0 Å². The lowest BCUT2D eigenvalue weighted by Gasteiger charge is -1.94. The predicted octanol–water partition coefficient (Wildman–Crippen LogP) is 1.77. The maximum absolute atomic E-state index is 11.3. The summed E-state index contributed by atoms with van der Waals surface area (Å²) < 4.78 is 0. The summed E-state index contributed by atoms with van der Waals surface area (Å²) in [5.74, 6) is -1.23. The zero-order valence-electron chi connectivity index (χ0n) is 10.2. The van der Waals surface area contributed by atoms with E-state index in [9.17, 15) is 14.7 Å². The molecule has 0 spiro atoms. The Bertz CT molecular complexity index is 565. The van der Waals surface area contributed by atoms with E-state index in [4.69, 9.17) is 0 Å². The van der Waals surface area contributed by atoms with Crippen molar-refractivity contribution in [2.24, 2.45) is 0 Å². The highest BCUT2D eigenvalue weighted by atomic mass is 16.3. The van der Waals surface area contributed by atoms with E-state index in [1.54, 1.807) is 12.2 Å². The Kier molecular flexibility index (Phi) is 3.93. The smallest absolute Gasteiger partial charge is 0.259 e. The Balaban J connectivity index is 2.07. The van der Waals surface area contributed by atoms with Gasteiger partial charge in [-0.1, -0.05) is 48.6 Å². The normalized spacial score (nSPS) is 18.3. The van der Waals surface area contributed by atoms with E-state index in [2.05, 4.69) is 5.32 Å². The Hall–Kier alpha value is -2.62. The Morgan fingerprint density at radius 1 is 1.16 bits per heavy atom. The van der Waals surface area contributed by atoms with Gasteiger partial charge in [0.25, 0.3) is 5.91 Å². The second kappa shape index (κ2) is 5.82. The van der Waals surface area contributed by atoms with Gasteiger partial charge in [-0.2, -0.15) is 0 Å². The molecule has 1 fully saturated rings. The second-order valence-electron chi connectivity index (χ2n) is 4.00. The number of hydrogen-bond acceptors (Lipinski definition) is 3. The van der Waals surface area contributed by atoms with E-state index in [0.717, 1.165) is 5.56 Å². The molecule has 4 nitrogen and oxygen atoms in total. The van der Waals surface area contributed by atoms with Crippen LogP contribution in [0.25, 0.3) is 6.08 Å². The van der Waals surface area contributed by atoms with Crippen LogP contribution < -0.4 is 5.32 Å². The third-order valence-electron chi connectivity index (χ3n) is 2.62. The van der Waals surface area contributed by atoms with Gasteiger partial charge in [-0.15, -0.1) is 0 Å². The van der Waals surface area contributed by atoms with Crippen molar-refractivity contribution in [3.63, 3.8) is 0 Å². The Morgan fingerprint density at radius 2 is 1.89 bits per heavy atom. The zero-order valence-corrected chi connectivity index (χ0v) is 10.2. The van der Waals surface area contributed by atoms with Gasteiger partial charge in [0.2, 0.25) is 0 Å². The number of rotatable bonds is 3. The van der Waals surface area contributed by atoms with Crippen LogP contribution in [0.2, 0.25) is 0 Å². The van der Waals surface area contributed by atoms with Crippen molar-refractivity contribution in [1.29, 1.82) is 0 Å². The molecule has 1 saturated heterocycles. The number of allylic oxidation sites excluding steroid dienone is 3. The quantitative estimate of drug-likeness (QED) is 0.374. The van der Waals surface area contributed by atoms with Crippen molar-refractivity contribution >= 4 is 17.8 Å². The molecule has 96 valence electrons. The summed E-state index contributed by atoms with van der Waals surface area (Å²) in [6, 6.07) is 9.65. The molecule has 0 radical (unpaired) electrons. The van der Waals surface area contributed by atoms with E-state index in [-0.39, 0.29) is 23.7 Å². The van der Waals surface area contributed by atoms with Crippen LogP contribution in [-0.2, 0) is 9.59 Å². The zero-order chi connectivity index (χ0) is 13.7. The molecule has 0 aromatic heterocycles. The number of aliphatic hydroxyl groups excluding tert-OH is 1. The van der Waals surface area contributed by atoms with Crippen molar-refractivity contribution in [2.45, 2.75) is 0 Å². The molecule has 2 rings (SSSR count). The SMILES string of the molecule is O=C1CNC(=O)/C1=C(O)/C=C/C=C/c1ccccc1. The van der Waals surface area contributed by atoms with Crippen LogP contribution in [0.4, 0.5) is 0 Å². The molecule has 0 bridgehead atoms. The molecule has 19 heavy (non-hydrogen) atoms. The third-order valence-corrected chi connectivity index (χ3v) is 2.62. The molecule has 1 amide bonds. The maximum atomic E-state index is 11.3. The number of Topliss-reactive ketones (excluding diaryl/α,β-unsaturated/α-hetero) is 1. The number of carbonyl (C=O) groups excluding carboxylic acids is 2. The fourth-order valence-electron chi connectivity index (χ4n) is 1.68. The number of nitrogens with one attached hydrogen (secondary N) is 1. The summed E-state index contributed by atoms with van der Waals surface area (Å²) in [6.45, 7) is -0.0497. The van der Waals surface area contributed by atoms with Gasteiger partial charge in [0.15, 0.2) is 5.78 Å². The lowest BCUT2D eigenvalue weighted by atomic mass is 10.1.